The van der Waals surface area contributed by atoms with Crippen molar-refractivity contribution in [3.63, 3.8) is 0 Å². The number of rotatable bonds is 13. The molecule has 2 atom stereocenters. The average Bonchev–Trinajstić information content (AvgIpc) is 2.75. The summed E-state index contributed by atoms with van der Waals surface area (Å²) >= 11 is 0. The molecule has 1 rings (SSSR count). The Morgan fingerprint density at radius 3 is 2.05 bits per heavy atom. The summed E-state index contributed by atoms with van der Waals surface area (Å²) in [5, 5.41) is 15.2. The molecule has 1 aromatic rings. The second kappa shape index (κ2) is 14.6. The first-order valence-corrected chi connectivity index (χ1v) is 13.2. The van der Waals surface area contributed by atoms with Gasteiger partial charge in [-0.05, 0) is 65.7 Å². The number of hydrogen-bond acceptors (Lipinski definition) is 6. The SMILES string of the molecule is CCCCCCCN(C(=O)C(CC(N)=O)NC(=O)OC(C)(C)C)C(C(=O)NC(C)(C)C)c1ccc(O)cc1. The molecule has 0 heterocycles. The minimum absolute atomic E-state index is 0.0133. The summed E-state index contributed by atoms with van der Waals surface area (Å²) in [4.78, 5) is 53.4. The molecule has 2 unspecified atom stereocenters. The number of nitrogens with two attached hydrogens (primary N) is 1. The van der Waals surface area contributed by atoms with Crippen LogP contribution in [0.3, 0.4) is 0 Å². The highest BCUT2D eigenvalue weighted by molar-refractivity contribution is 5.94. The molecule has 0 bridgehead atoms. The van der Waals surface area contributed by atoms with Gasteiger partial charge in [-0.1, -0.05) is 44.7 Å². The van der Waals surface area contributed by atoms with Gasteiger partial charge in [-0.2, -0.15) is 0 Å². The van der Waals surface area contributed by atoms with E-state index < -0.39 is 53.5 Å². The van der Waals surface area contributed by atoms with Crippen LogP contribution in [0.5, 0.6) is 5.75 Å². The van der Waals surface area contributed by atoms with Crippen molar-refractivity contribution in [2.45, 2.75) is 110 Å². The molecule has 0 aliphatic carbocycles. The van der Waals surface area contributed by atoms with Crippen LogP contribution in [-0.4, -0.2) is 57.5 Å². The van der Waals surface area contributed by atoms with Gasteiger partial charge in [0.1, 0.15) is 23.4 Å². The normalized spacial score (nSPS) is 13.2. The fourth-order valence-corrected chi connectivity index (χ4v) is 3.87. The first-order chi connectivity index (χ1) is 17.5. The van der Waals surface area contributed by atoms with Gasteiger partial charge in [0.15, 0.2) is 0 Å². The number of benzene rings is 1. The molecule has 10 heteroatoms. The highest BCUT2D eigenvalue weighted by Gasteiger charge is 2.37. The lowest BCUT2D eigenvalue weighted by molar-refractivity contribution is -0.144. The summed E-state index contributed by atoms with van der Waals surface area (Å²) in [7, 11) is 0. The predicted molar refractivity (Wildman–Crippen MR) is 146 cm³/mol. The van der Waals surface area contributed by atoms with Crippen molar-refractivity contribution in [3.05, 3.63) is 29.8 Å². The molecule has 0 aromatic heterocycles. The lowest BCUT2D eigenvalue weighted by Gasteiger charge is -2.36. The zero-order chi connectivity index (χ0) is 29.1. The largest absolute Gasteiger partial charge is 0.508 e. The highest BCUT2D eigenvalue weighted by atomic mass is 16.6. The van der Waals surface area contributed by atoms with E-state index in [9.17, 15) is 24.3 Å². The number of aromatic hydroxyl groups is 1. The fourth-order valence-electron chi connectivity index (χ4n) is 3.87. The maximum atomic E-state index is 14.0. The van der Waals surface area contributed by atoms with Gasteiger partial charge in [0.25, 0.3) is 0 Å². The first kappa shape index (κ1) is 32.7. The molecule has 10 nitrogen and oxygen atoms in total. The zero-order valence-corrected chi connectivity index (χ0v) is 23.9. The Kier molecular flexibility index (Phi) is 12.6. The van der Waals surface area contributed by atoms with Gasteiger partial charge in [-0.3, -0.25) is 14.4 Å². The molecule has 0 radical (unpaired) electrons. The lowest BCUT2D eigenvalue weighted by atomic mass is 9.99. The van der Waals surface area contributed by atoms with Gasteiger partial charge in [0.05, 0.1) is 6.42 Å². The molecule has 5 N–H and O–H groups in total. The van der Waals surface area contributed by atoms with E-state index in [1.165, 1.54) is 17.0 Å². The molecule has 214 valence electrons. The second-order valence-electron chi connectivity index (χ2n) is 11.5. The molecule has 0 aliphatic heterocycles. The van der Waals surface area contributed by atoms with Crippen LogP contribution in [0.1, 0.15) is 98.6 Å². The van der Waals surface area contributed by atoms with Gasteiger partial charge in [0.2, 0.25) is 17.7 Å². The number of carbonyl (C=O) groups is 4. The Labute approximate surface area is 226 Å². The topological polar surface area (TPSA) is 151 Å². The van der Waals surface area contributed by atoms with Gasteiger partial charge >= 0.3 is 6.09 Å². The van der Waals surface area contributed by atoms with Gasteiger partial charge in [0, 0.05) is 12.1 Å². The molecule has 0 fully saturated rings. The monoisotopic (exact) mass is 534 g/mol. The number of ether oxygens (including phenoxy) is 1. The molecule has 0 aliphatic rings. The van der Waals surface area contributed by atoms with Crippen molar-refractivity contribution in [2.75, 3.05) is 6.54 Å². The van der Waals surface area contributed by atoms with E-state index in [1.54, 1.807) is 32.9 Å². The second-order valence-corrected chi connectivity index (χ2v) is 11.5. The summed E-state index contributed by atoms with van der Waals surface area (Å²) in [5.74, 6) is -1.84. The van der Waals surface area contributed by atoms with Crippen molar-refractivity contribution in [1.82, 2.24) is 15.5 Å². The third kappa shape index (κ3) is 12.3. The van der Waals surface area contributed by atoms with Crippen molar-refractivity contribution < 1.29 is 29.0 Å². The van der Waals surface area contributed by atoms with Crippen LogP contribution >= 0.6 is 0 Å². The Morgan fingerprint density at radius 1 is 0.974 bits per heavy atom. The Morgan fingerprint density at radius 2 is 1.55 bits per heavy atom. The van der Waals surface area contributed by atoms with Crippen LogP contribution in [0, 0.1) is 0 Å². The summed E-state index contributed by atoms with van der Waals surface area (Å²) in [6.07, 6.45) is 3.17. The first-order valence-electron chi connectivity index (χ1n) is 13.2. The molecule has 1 aromatic carbocycles. The molecule has 38 heavy (non-hydrogen) atoms. The van der Waals surface area contributed by atoms with Crippen LogP contribution < -0.4 is 16.4 Å². The molecule has 4 amide bonds. The van der Waals surface area contributed by atoms with Crippen LogP contribution in [0.2, 0.25) is 0 Å². The number of unbranched alkanes of at least 4 members (excludes halogenated alkanes) is 4. The summed E-state index contributed by atoms with van der Waals surface area (Å²) in [6.45, 7) is 12.8. The summed E-state index contributed by atoms with van der Waals surface area (Å²) in [5.41, 5.74) is 4.48. The van der Waals surface area contributed by atoms with Crippen molar-refractivity contribution in [1.29, 1.82) is 0 Å². The maximum absolute atomic E-state index is 14.0. The highest BCUT2D eigenvalue weighted by Crippen LogP contribution is 2.26. The number of nitrogens with one attached hydrogen (secondary N) is 2. The van der Waals surface area contributed by atoms with E-state index >= 15 is 0 Å². The quantitative estimate of drug-likeness (QED) is 0.282. The van der Waals surface area contributed by atoms with E-state index in [-0.39, 0.29) is 12.3 Å². The van der Waals surface area contributed by atoms with Crippen LogP contribution in [0.25, 0.3) is 0 Å². The van der Waals surface area contributed by atoms with Crippen molar-refractivity contribution in [2.24, 2.45) is 5.73 Å². The third-order valence-electron chi connectivity index (χ3n) is 5.45. The number of phenols is 1. The smallest absolute Gasteiger partial charge is 0.408 e. The van der Waals surface area contributed by atoms with Crippen molar-refractivity contribution in [3.8, 4) is 5.75 Å². The van der Waals surface area contributed by atoms with E-state index in [1.807, 2.05) is 20.8 Å². The van der Waals surface area contributed by atoms with E-state index in [0.717, 1.165) is 25.7 Å². The van der Waals surface area contributed by atoms with E-state index in [0.29, 0.717) is 12.0 Å². The molecular formula is C28H46N4O6. The summed E-state index contributed by atoms with van der Waals surface area (Å²) < 4.78 is 5.30. The fraction of sp³-hybridized carbons (Fsp3) is 0.643. The van der Waals surface area contributed by atoms with Crippen LogP contribution in [0.15, 0.2) is 24.3 Å². The number of phenolic OH excluding ortho intramolecular Hbond substituents is 1. The Bertz CT molecular complexity index is 934. The third-order valence-corrected chi connectivity index (χ3v) is 5.45. The number of nitrogens with zero attached hydrogens (tertiary/aromatic N) is 1. The number of carbonyl (C=O) groups excluding carboxylic acids is 4. The van der Waals surface area contributed by atoms with Crippen LogP contribution in [-0.2, 0) is 19.1 Å². The van der Waals surface area contributed by atoms with Crippen molar-refractivity contribution >= 4 is 23.8 Å². The lowest BCUT2D eigenvalue weighted by Crippen LogP contribution is -2.55. The van der Waals surface area contributed by atoms with E-state index in [4.69, 9.17) is 10.5 Å². The summed E-state index contributed by atoms with van der Waals surface area (Å²) in [6, 6.07) is 3.62. The number of primary amides is 1. The van der Waals surface area contributed by atoms with Crippen LogP contribution in [0.4, 0.5) is 4.79 Å². The molecule has 0 saturated heterocycles. The number of hydrogen-bond donors (Lipinski definition) is 4. The Hall–Kier alpha value is -3.30. The molecule has 0 spiro atoms. The average molecular weight is 535 g/mol. The zero-order valence-electron chi connectivity index (χ0n) is 23.9. The standard InChI is InChI=1S/C28H46N4O6/c1-8-9-10-11-12-17-32(25(36)21(18-22(29)34)30-26(37)38-28(5,6)7)23(24(35)31-27(2,3)4)19-13-15-20(33)16-14-19/h13-16,21,23,33H,8-12,17-18H2,1-7H3,(H2,29,34)(H,30,37)(H,31,35). The van der Waals surface area contributed by atoms with Gasteiger partial charge in [-0.15, -0.1) is 0 Å². The maximum Gasteiger partial charge on any atom is 0.408 e. The Balaban J connectivity index is 3.49. The minimum atomic E-state index is -1.33. The van der Waals surface area contributed by atoms with Gasteiger partial charge in [-0.25, -0.2) is 4.79 Å². The minimum Gasteiger partial charge on any atom is -0.508 e. The number of alkyl carbamates (subject to hydrolysis) is 1. The molecular weight excluding hydrogens is 488 g/mol. The van der Waals surface area contributed by atoms with E-state index in [2.05, 4.69) is 17.6 Å². The van der Waals surface area contributed by atoms with Gasteiger partial charge < -0.3 is 31.1 Å². The number of amides is 4. The predicted octanol–water partition coefficient (Wildman–Crippen LogP) is 3.92. The molecule has 0 saturated carbocycles.